The number of nitrogens with one attached hydrogen (secondary N) is 1. The van der Waals surface area contributed by atoms with Crippen molar-refractivity contribution in [1.29, 1.82) is 0 Å². The maximum atomic E-state index is 13.0. The molecule has 0 radical (unpaired) electrons. The molecule has 1 fully saturated rings. The average Bonchev–Trinajstić information content (AvgIpc) is 2.92. The number of carbonyl (C=O) groups excluding carboxylic acids is 1. The quantitative estimate of drug-likeness (QED) is 0.820. The van der Waals surface area contributed by atoms with E-state index in [0.717, 1.165) is 12.5 Å². The lowest BCUT2D eigenvalue weighted by molar-refractivity contribution is 0.129. The first-order valence-electron chi connectivity index (χ1n) is 7.61. The summed E-state index contributed by atoms with van der Waals surface area (Å²) in [5.41, 5.74) is 0.585. The van der Waals surface area contributed by atoms with Crippen molar-refractivity contribution >= 4 is 6.03 Å². The fraction of sp³-hybridized carbons (Fsp3) is 0.562. The Kier molecular flexibility index (Phi) is 5.71. The number of hydrogen-bond acceptors (Lipinski definition) is 2. The Morgan fingerprint density at radius 3 is 2.68 bits per heavy atom. The van der Waals surface area contributed by atoms with E-state index >= 15 is 0 Å². The number of carbonyl (C=O) groups is 1. The number of urea groups is 1. The number of benzene rings is 1. The van der Waals surface area contributed by atoms with Crippen LogP contribution in [0.25, 0.3) is 0 Å². The number of nitrogens with zero attached hydrogens (tertiary/aromatic N) is 1. The van der Waals surface area contributed by atoms with Crippen molar-refractivity contribution in [2.75, 3.05) is 19.6 Å². The van der Waals surface area contributed by atoms with E-state index in [1.165, 1.54) is 12.1 Å². The standard InChI is InChI=1S/C16H22F2N2O2/c1-11(21)13-4-6-20(10-13)16(22)19-5-2-3-12-7-14(17)9-15(18)8-12/h7-9,11,13,21H,2-6,10H2,1H3,(H,19,22)/t11-,13-/m1/s1. The Bertz CT molecular complexity index is 503. The summed E-state index contributed by atoms with van der Waals surface area (Å²) in [6.45, 7) is 3.41. The molecule has 2 atom stereocenters. The fourth-order valence-corrected chi connectivity index (χ4v) is 2.72. The lowest BCUT2D eigenvalue weighted by Crippen LogP contribution is -2.39. The van der Waals surface area contributed by atoms with Crippen molar-refractivity contribution < 1.29 is 18.7 Å². The number of halogens is 2. The lowest BCUT2D eigenvalue weighted by Gasteiger charge is -2.18. The van der Waals surface area contributed by atoms with Crippen LogP contribution in [-0.4, -0.2) is 41.8 Å². The van der Waals surface area contributed by atoms with E-state index in [1.807, 2.05) is 0 Å². The van der Waals surface area contributed by atoms with Crippen LogP contribution < -0.4 is 5.32 Å². The van der Waals surface area contributed by atoms with E-state index in [1.54, 1.807) is 11.8 Å². The molecular formula is C16H22F2N2O2. The SMILES string of the molecule is C[C@@H](O)[C@@H]1CCN(C(=O)NCCCc2cc(F)cc(F)c2)C1. The Labute approximate surface area is 129 Å². The molecule has 1 aromatic carbocycles. The van der Waals surface area contributed by atoms with Gasteiger partial charge in [-0.3, -0.25) is 0 Å². The first kappa shape index (κ1) is 16.7. The van der Waals surface area contributed by atoms with Crippen LogP contribution in [0.5, 0.6) is 0 Å². The summed E-state index contributed by atoms with van der Waals surface area (Å²) in [7, 11) is 0. The van der Waals surface area contributed by atoms with E-state index in [2.05, 4.69) is 5.32 Å². The minimum Gasteiger partial charge on any atom is -0.393 e. The molecular weight excluding hydrogens is 290 g/mol. The maximum Gasteiger partial charge on any atom is 0.317 e. The Morgan fingerprint density at radius 2 is 2.09 bits per heavy atom. The fourth-order valence-electron chi connectivity index (χ4n) is 2.72. The van der Waals surface area contributed by atoms with Crippen molar-refractivity contribution in [1.82, 2.24) is 10.2 Å². The Hall–Kier alpha value is -1.69. The summed E-state index contributed by atoms with van der Waals surface area (Å²) in [5, 5.41) is 12.3. The monoisotopic (exact) mass is 312 g/mol. The van der Waals surface area contributed by atoms with Crippen molar-refractivity contribution in [3.8, 4) is 0 Å². The molecule has 1 heterocycles. The highest BCUT2D eigenvalue weighted by atomic mass is 19.1. The summed E-state index contributed by atoms with van der Waals surface area (Å²) in [5.74, 6) is -1.03. The van der Waals surface area contributed by atoms with Gasteiger partial charge in [0.1, 0.15) is 11.6 Å². The molecule has 4 nitrogen and oxygen atoms in total. The summed E-state index contributed by atoms with van der Waals surface area (Å²) in [6.07, 6.45) is 1.53. The molecule has 1 aliphatic heterocycles. The first-order chi connectivity index (χ1) is 10.5. The van der Waals surface area contributed by atoms with Crippen LogP contribution in [0.2, 0.25) is 0 Å². The van der Waals surface area contributed by atoms with Crippen molar-refractivity contribution in [2.45, 2.75) is 32.3 Å². The van der Waals surface area contributed by atoms with E-state index in [4.69, 9.17) is 0 Å². The molecule has 6 heteroatoms. The smallest absolute Gasteiger partial charge is 0.317 e. The van der Waals surface area contributed by atoms with Crippen molar-refractivity contribution in [2.24, 2.45) is 5.92 Å². The predicted octanol–water partition coefficient (Wildman–Crippen LogP) is 2.31. The van der Waals surface area contributed by atoms with Gasteiger partial charge in [-0.15, -0.1) is 0 Å². The predicted molar refractivity (Wildman–Crippen MR) is 79.4 cm³/mol. The van der Waals surface area contributed by atoms with Gasteiger partial charge in [0.05, 0.1) is 6.10 Å². The largest absolute Gasteiger partial charge is 0.393 e. The third kappa shape index (κ3) is 4.66. The van der Waals surface area contributed by atoms with Gasteiger partial charge in [-0.05, 0) is 43.9 Å². The molecule has 122 valence electrons. The summed E-state index contributed by atoms with van der Waals surface area (Å²) >= 11 is 0. The molecule has 22 heavy (non-hydrogen) atoms. The summed E-state index contributed by atoms with van der Waals surface area (Å²) < 4.78 is 26.1. The van der Waals surface area contributed by atoms with Crippen LogP contribution in [0.3, 0.4) is 0 Å². The van der Waals surface area contributed by atoms with Crippen molar-refractivity contribution in [3.05, 3.63) is 35.4 Å². The van der Waals surface area contributed by atoms with Crippen LogP contribution in [-0.2, 0) is 6.42 Å². The molecule has 2 N–H and O–H groups in total. The molecule has 0 aromatic heterocycles. The number of aliphatic hydroxyl groups is 1. The Balaban J connectivity index is 1.69. The van der Waals surface area contributed by atoms with Gasteiger partial charge in [0.15, 0.2) is 0 Å². The maximum absolute atomic E-state index is 13.0. The van der Waals surface area contributed by atoms with E-state index < -0.39 is 17.7 Å². The number of rotatable bonds is 5. The third-order valence-corrected chi connectivity index (χ3v) is 4.03. The normalized spacial score (nSPS) is 19.3. The van der Waals surface area contributed by atoms with Crippen molar-refractivity contribution in [3.63, 3.8) is 0 Å². The van der Waals surface area contributed by atoms with E-state index in [9.17, 15) is 18.7 Å². The van der Waals surface area contributed by atoms with Gasteiger partial charge in [0.2, 0.25) is 0 Å². The molecule has 0 aliphatic carbocycles. The second-order valence-electron chi connectivity index (χ2n) is 5.85. The van der Waals surface area contributed by atoms with Gasteiger partial charge < -0.3 is 15.3 Å². The van der Waals surface area contributed by atoms with Gasteiger partial charge in [-0.1, -0.05) is 0 Å². The highest BCUT2D eigenvalue weighted by Gasteiger charge is 2.28. The van der Waals surface area contributed by atoms with Crippen LogP contribution >= 0.6 is 0 Å². The molecule has 0 saturated carbocycles. The molecule has 0 bridgehead atoms. The number of aryl methyl sites for hydroxylation is 1. The van der Waals surface area contributed by atoms with Gasteiger partial charge >= 0.3 is 6.03 Å². The zero-order valence-corrected chi connectivity index (χ0v) is 12.7. The molecule has 0 spiro atoms. The topological polar surface area (TPSA) is 52.6 Å². The second kappa shape index (κ2) is 7.54. The second-order valence-corrected chi connectivity index (χ2v) is 5.85. The third-order valence-electron chi connectivity index (χ3n) is 4.03. The zero-order valence-electron chi connectivity index (χ0n) is 12.7. The summed E-state index contributed by atoms with van der Waals surface area (Å²) in [4.78, 5) is 13.6. The first-order valence-corrected chi connectivity index (χ1v) is 7.61. The van der Waals surface area contributed by atoms with Crippen LogP contribution in [0.4, 0.5) is 13.6 Å². The van der Waals surface area contributed by atoms with E-state index in [0.29, 0.717) is 38.0 Å². The summed E-state index contributed by atoms with van der Waals surface area (Å²) in [6, 6.07) is 3.31. The Morgan fingerprint density at radius 1 is 1.41 bits per heavy atom. The van der Waals surface area contributed by atoms with Crippen LogP contribution in [0.1, 0.15) is 25.3 Å². The lowest BCUT2D eigenvalue weighted by atomic mass is 10.0. The van der Waals surface area contributed by atoms with Gasteiger partial charge in [-0.25, -0.2) is 13.6 Å². The highest BCUT2D eigenvalue weighted by Crippen LogP contribution is 2.19. The van der Waals surface area contributed by atoms with Crippen LogP contribution in [0.15, 0.2) is 18.2 Å². The highest BCUT2D eigenvalue weighted by molar-refractivity contribution is 5.74. The van der Waals surface area contributed by atoms with Crippen LogP contribution in [0, 0.1) is 17.6 Å². The molecule has 1 aromatic rings. The minimum absolute atomic E-state index is 0.140. The molecule has 2 amide bonds. The average molecular weight is 312 g/mol. The molecule has 1 saturated heterocycles. The van der Waals surface area contributed by atoms with Gasteiger partial charge in [0, 0.05) is 31.6 Å². The minimum atomic E-state index is -0.583. The molecule has 0 unspecified atom stereocenters. The zero-order chi connectivity index (χ0) is 16.1. The molecule has 1 aliphatic rings. The molecule has 2 rings (SSSR count). The number of amides is 2. The van der Waals surface area contributed by atoms with Gasteiger partial charge in [-0.2, -0.15) is 0 Å². The number of aliphatic hydroxyl groups excluding tert-OH is 1. The number of hydrogen-bond donors (Lipinski definition) is 2. The van der Waals surface area contributed by atoms with Gasteiger partial charge in [0.25, 0.3) is 0 Å². The van der Waals surface area contributed by atoms with E-state index in [-0.39, 0.29) is 11.9 Å². The number of likely N-dealkylation sites (tertiary alicyclic amines) is 1.